The number of rotatable bonds is 5. The first-order chi connectivity index (χ1) is 11.8. The van der Waals surface area contributed by atoms with Gasteiger partial charge in [0.2, 0.25) is 5.78 Å². The lowest BCUT2D eigenvalue weighted by Gasteiger charge is -2.04. The molecule has 0 atom stereocenters. The second kappa shape index (κ2) is 6.16. The highest BCUT2D eigenvalue weighted by molar-refractivity contribution is 7.98. The van der Waals surface area contributed by atoms with Crippen LogP contribution in [-0.2, 0) is 0 Å². The third-order valence-corrected chi connectivity index (χ3v) is 2.67. The van der Waals surface area contributed by atoms with E-state index in [0.29, 0.717) is 11.8 Å². The molecule has 2 aromatic rings. The van der Waals surface area contributed by atoms with Crippen LogP contribution >= 0.6 is 11.8 Å². The summed E-state index contributed by atoms with van der Waals surface area (Å²) in [5, 5.41) is 16.5. The van der Waals surface area contributed by atoms with E-state index in [1.165, 1.54) is 18.2 Å². The number of phenols is 1. The van der Waals surface area contributed by atoms with Crippen molar-refractivity contribution in [3.8, 4) is 5.75 Å². The fraction of sp³-hybridized carbons (Fsp3) is 0.0769. The zero-order valence-electron chi connectivity index (χ0n) is 14.9. The molecule has 2 rings (SSSR count). The van der Waals surface area contributed by atoms with E-state index >= 15 is 0 Å². The molecule has 0 fully saturated rings. The minimum atomic E-state index is -1.38. The molecule has 1 aromatic carbocycles. The molecule has 0 saturated carbocycles. The van der Waals surface area contributed by atoms with Gasteiger partial charge in [0.05, 0.1) is 2.74 Å². The number of carbonyl (C=O) groups is 1. The predicted molar refractivity (Wildman–Crippen MR) is 74.6 cm³/mol. The Balaban J connectivity index is 2.55. The minimum absolute atomic E-state index is 0.00778. The molecule has 0 saturated heterocycles. The molecule has 7 heteroatoms. The van der Waals surface area contributed by atoms with Crippen LogP contribution in [0.25, 0.3) is 0 Å². The number of oxime groups is 1. The van der Waals surface area contributed by atoms with Crippen LogP contribution in [-0.4, -0.2) is 38.0 Å². The van der Waals surface area contributed by atoms with Gasteiger partial charge in [-0.05, 0) is 24.4 Å². The van der Waals surface area contributed by atoms with Crippen LogP contribution < -0.4 is 0 Å². The van der Waals surface area contributed by atoms with Crippen molar-refractivity contribution in [2.75, 3.05) is 6.21 Å². The van der Waals surface area contributed by atoms with Crippen LogP contribution in [0, 0.1) is 0 Å². The van der Waals surface area contributed by atoms with Crippen molar-refractivity contribution in [3.63, 3.8) is 0 Å². The number of thioether (sulfide) groups is 1. The van der Waals surface area contributed by atoms with Crippen molar-refractivity contribution in [3.05, 3.63) is 47.7 Å². The van der Waals surface area contributed by atoms with Crippen LogP contribution in [0.15, 0.2) is 46.8 Å². The summed E-state index contributed by atoms with van der Waals surface area (Å²) in [5.74, 6) is -0.964. The zero-order valence-corrected chi connectivity index (χ0v) is 10.7. The second-order valence-electron chi connectivity index (χ2n) is 3.53. The first-order valence-corrected chi connectivity index (χ1v) is 6.12. The zero-order chi connectivity index (χ0) is 18.6. The Hall–Kier alpha value is -2.41. The van der Waals surface area contributed by atoms with Crippen molar-refractivity contribution < 1.29 is 22.0 Å². The highest BCUT2D eigenvalue weighted by Crippen LogP contribution is 2.15. The van der Waals surface area contributed by atoms with Crippen molar-refractivity contribution in [2.45, 2.75) is 5.16 Å². The van der Waals surface area contributed by atoms with E-state index in [4.69, 9.17) is 6.91 Å². The monoisotopic (exact) mass is 294 g/mol. The van der Waals surface area contributed by atoms with Gasteiger partial charge in [-0.15, -0.1) is 0 Å². The van der Waals surface area contributed by atoms with E-state index < -0.39 is 29.9 Å². The number of Topliss-reactive ketones (excluding diaryl/α,β-unsaturated/α-hetero) is 1. The Morgan fingerprint density at radius 3 is 3.25 bits per heavy atom. The molecule has 0 aliphatic rings. The second-order valence-corrected chi connectivity index (χ2v) is 4.13. The van der Waals surface area contributed by atoms with E-state index in [2.05, 4.69) is 20.3 Å². The fourth-order valence-electron chi connectivity index (χ4n) is 1.42. The van der Waals surface area contributed by atoms with Crippen molar-refractivity contribution in [1.82, 2.24) is 9.97 Å². The SMILES string of the molecule is [2H]ON=C(C(=O)c1cccc(O)c1)c1nc(SC([2H])[2H])nc([2H])c1[2H]. The van der Waals surface area contributed by atoms with E-state index in [9.17, 15) is 9.90 Å². The standard InChI is InChI=1S/C13H11N3O3S/c1-20-13-14-6-5-10(15-13)11(16-19)12(18)8-3-2-4-9(17)7-8/h2-7,17,19H,1H3/i1D2,5D,6D/hD. The van der Waals surface area contributed by atoms with Gasteiger partial charge >= 0.3 is 1.43 Å². The summed E-state index contributed by atoms with van der Waals surface area (Å²) in [7, 11) is 0. The normalized spacial score (nSPS) is 14.8. The molecule has 0 unspecified atom stereocenters. The first-order valence-electron chi connectivity index (χ1n) is 7.80. The molecule has 6 nitrogen and oxygen atoms in total. The lowest BCUT2D eigenvalue weighted by molar-refractivity contribution is 0.106. The Morgan fingerprint density at radius 2 is 2.50 bits per heavy atom. The number of aromatic nitrogens is 2. The van der Waals surface area contributed by atoms with Crippen molar-refractivity contribution >= 4 is 23.3 Å². The maximum Gasteiger partial charge on any atom is 0.330 e. The highest BCUT2D eigenvalue weighted by Gasteiger charge is 2.19. The van der Waals surface area contributed by atoms with Gasteiger partial charge in [-0.3, -0.25) is 4.79 Å². The van der Waals surface area contributed by atoms with E-state index in [0.717, 1.165) is 6.07 Å². The Bertz CT molecular complexity index is 835. The summed E-state index contributed by atoms with van der Waals surface area (Å²) in [6, 6.07) is 4.79. The number of aromatic hydroxyl groups is 1. The third kappa shape index (κ3) is 2.94. The van der Waals surface area contributed by atoms with Gasteiger partial charge < -0.3 is 10.3 Å². The molecule has 2 N–H and O–H groups in total. The van der Waals surface area contributed by atoms with Crippen LogP contribution in [0.2, 0.25) is 1.43 Å². The lowest BCUT2D eigenvalue weighted by atomic mass is 10.0. The van der Waals surface area contributed by atoms with Crippen LogP contribution in [0.3, 0.4) is 0 Å². The molecule has 20 heavy (non-hydrogen) atoms. The average Bonchev–Trinajstić information content (AvgIpc) is 2.55. The third-order valence-electron chi connectivity index (χ3n) is 2.28. The summed E-state index contributed by atoms with van der Waals surface area (Å²) in [6.45, 7) is 0. The molecular weight excluding hydrogens is 278 g/mol. The van der Waals surface area contributed by atoms with Gasteiger partial charge in [0.25, 0.3) is 0 Å². The number of carbonyl (C=O) groups excluding carboxylic acids is 1. The molecule has 0 aliphatic carbocycles. The van der Waals surface area contributed by atoms with E-state index in [1.54, 1.807) is 0 Å². The fourth-order valence-corrected chi connectivity index (χ4v) is 1.66. The molecule has 1 aromatic heterocycles. The van der Waals surface area contributed by atoms with E-state index in [1.807, 2.05) is 0 Å². The van der Waals surface area contributed by atoms with Gasteiger partial charge in [0, 0.05) is 14.5 Å². The number of phenolic OH excluding ortho intramolecular Hbond substituents is 1. The summed E-state index contributed by atoms with van der Waals surface area (Å²) >= 11 is 0.595. The molecule has 0 aliphatic heterocycles. The number of ketones is 1. The highest BCUT2D eigenvalue weighted by atomic mass is 32.2. The van der Waals surface area contributed by atoms with Crippen LogP contribution in [0.5, 0.6) is 5.75 Å². The Morgan fingerprint density at radius 1 is 1.60 bits per heavy atom. The predicted octanol–water partition coefficient (Wildman–Crippen LogP) is 1.97. The van der Waals surface area contributed by atoms with Crippen LogP contribution in [0.4, 0.5) is 0 Å². The molecule has 0 spiro atoms. The summed E-state index contributed by atoms with van der Waals surface area (Å²) in [6.07, 6.45) is -1.91. The minimum Gasteiger partial charge on any atom is -0.508 e. The van der Waals surface area contributed by atoms with Gasteiger partial charge in [-0.1, -0.05) is 29.1 Å². The number of hydrogen-bond acceptors (Lipinski definition) is 7. The summed E-state index contributed by atoms with van der Waals surface area (Å²) in [5.41, 5.74) is -0.896. The van der Waals surface area contributed by atoms with Gasteiger partial charge in [-0.2, -0.15) is 0 Å². The number of nitrogens with zero attached hydrogens (tertiary/aromatic N) is 3. The number of hydrogen-bond donors (Lipinski definition) is 2. The molecular formula is C13H11N3O3S. The summed E-state index contributed by atoms with van der Waals surface area (Å²) in [4.78, 5) is 20.1. The Kier molecular flexibility index (Phi) is 2.68. The van der Waals surface area contributed by atoms with Crippen molar-refractivity contribution in [2.24, 2.45) is 5.16 Å². The Labute approximate surface area is 126 Å². The first kappa shape index (κ1) is 8.70. The number of benzene rings is 1. The molecule has 0 bridgehead atoms. The molecule has 102 valence electrons. The van der Waals surface area contributed by atoms with E-state index in [-0.39, 0.29) is 22.2 Å². The largest absolute Gasteiger partial charge is 0.508 e. The van der Waals surface area contributed by atoms with Gasteiger partial charge in [-0.25, -0.2) is 9.97 Å². The van der Waals surface area contributed by atoms with Crippen LogP contribution in [0.1, 0.15) is 21.5 Å². The lowest BCUT2D eigenvalue weighted by Crippen LogP contribution is -2.17. The smallest absolute Gasteiger partial charge is 0.330 e. The summed E-state index contributed by atoms with van der Waals surface area (Å²) < 4.78 is 36.7. The average molecular weight is 294 g/mol. The van der Waals surface area contributed by atoms with Gasteiger partial charge in [0.15, 0.2) is 10.9 Å². The maximum absolute atomic E-state index is 12.6. The molecule has 1 heterocycles. The topological polar surface area (TPSA) is 95.7 Å². The maximum atomic E-state index is 12.6. The van der Waals surface area contributed by atoms with Gasteiger partial charge in [0.1, 0.15) is 11.4 Å². The molecule has 0 radical (unpaired) electrons. The molecule has 0 amide bonds. The van der Waals surface area contributed by atoms with Crippen molar-refractivity contribution in [1.29, 1.82) is 0 Å². The quantitative estimate of drug-likeness (QED) is 0.218.